The maximum absolute atomic E-state index is 11.4. The molecule has 1 rings (SSSR count). The van der Waals surface area contributed by atoms with Crippen LogP contribution in [0.3, 0.4) is 0 Å². The highest BCUT2D eigenvalue weighted by atomic mass is 16.6. The Labute approximate surface area is 91.0 Å². The zero-order valence-electron chi connectivity index (χ0n) is 9.96. The minimum Gasteiger partial charge on any atom is -0.444 e. The van der Waals surface area contributed by atoms with E-state index in [-0.39, 0.29) is 6.04 Å². The summed E-state index contributed by atoms with van der Waals surface area (Å²) in [5.41, 5.74) is -1.11. The van der Waals surface area contributed by atoms with Crippen molar-refractivity contribution in [2.45, 2.75) is 64.2 Å². The molecule has 4 heteroatoms. The average molecular weight is 215 g/mol. The SMILES string of the molecule is CC(C)(C)OC(=O)NC1CC[C@](C)(O)C1. The van der Waals surface area contributed by atoms with Crippen LogP contribution in [-0.4, -0.2) is 28.4 Å². The van der Waals surface area contributed by atoms with Crippen molar-refractivity contribution in [1.82, 2.24) is 5.32 Å². The number of rotatable bonds is 1. The van der Waals surface area contributed by atoms with Crippen molar-refractivity contribution < 1.29 is 14.6 Å². The molecule has 0 saturated heterocycles. The summed E-state index contributed by atoms with van der Waals surface area (Å²) in [6.45, 7) is 7.29. The van der Waals surface area contributed by atoms with Crippen LogP contribution in [0.4, 0.5) is 4.79 Å². The highest BCUT2D eigenvalue weighted by Gasteiger charge is 2.34. The van der Waals surface area contributed by atoms with E-state index in [9.17, 15) is 9.90 Å². The minimum absolute atomic E-state index is 0.0369. The summed E-state index contributed by atoms with van der Waals surface area (Å²) in [5, 5.41) is 12.5. The van der Waals surface area contributed by atoms with E-state index in [1.54, 1.807) is 6.92 Å². The van der Waals surface area contributed by atoms with E-state index in [4.69, 9.17) is 4.74 Å². The van der Waals surface area contributed by atoms with Crippen LogP contribution in [0.1, 0.15) is 47.0 Å². The van der Waals surface area contributed by atoms with E-state index in [2.05, 4.69) is 5.32 Å². The molecule has 0 aliphatic heterocycles. The summed E-state index contributed by atoms with van der Waals surface area (Å²) in [5.74, 6) is 0. The number of nitrogens with one attached hydrogen (secondary N) is 1. The molecule has 4 nitrogen and oxygen atoms in total. The van der Waals surface area contributed by atoms with Crippen LogP contribution >= 0.6 is 0 Å². The lowest BCUT2D eigenvalue weighted by Gasteiger charge is -2.22. The third kappa shape index (κ3) is 4.51. The van der Waals surface area contributed by atoms with Gasteiger partial charge in [-0.25, -0.2) is 4.79 Å². The molecule has 0 aromatic carbocycles. The molecule has 0 heterocycles. The van der Waals surface area contributed by atoms with Crippen LogP contribution in [0.5, 0.6) is 0 Å². The second kappa shape index (κ2) is 4.00. The molecular formula is C11H21NO3. The number of aliphatic hydroxyl groups is 1. The second-order valence-electron chi connectivity index (χ2n) is 5.58. The van der Waals surface area contributed by atoms with Crippen molar-refractivity contribution in [1.29, 1.82) is 0 Å². The Morgan fingerprint density at radius 3 is 2.53 bits per heavy atom. The third-order valence-electron chi connectivity index (χ3n) is 2.44. The standard InChI is InChI=1S/C11H21NO3/c1-10(2,3)15-9(13)12-8-5-6-11(4,14)7-8/h8,14H,5-7H2,1-4H3,(H,12,13)/t8?,11-/m0/s1. The smallest absolute Gasteiger partial charge is 0.407 e. The molecule has 0 bridgehead atoms. The van der Waals surface area contributed by atoms with Gasteiger partial charge in [-0.1, -0.05) is 0 Å². The molecule has 15 heavy (non-hydrogen) atoms. The van der Waals surface area contributed by atoms with Crippen LogP contribution in [0.15, 0.2) is 0 Å². The minimum atomic E-state index is -0.639. The van der Waals surface area contributed by atoms with E-state index in [1.807, 2.05) is 20.8 Å². The normalized spacial score (nSPS) is 31.4. The zero-order valence-corrected chi connectivity index (χ0v) is 9.96. The molecule has 0 spiro atoms. The summed E-state index contributed by atoms with van der Waals surface area (Å²) in [7, 11) is 0. The molecule has 1 amide bonds. The molecule has 0 radical (unpaired) electrons. The van der Waals surface area contributed by atoms with Gasteiger partial charge in [-0.3, -0.25) is 0 Å². The Bertz CT molecular complexity index is 243. The summed E-state index contributed by atoms with van der Waals surface area (Å²) < 4.78 is 5.14. The number of hydrogen-bond donors (Lipinski definition) is 2. The Hall–Kier alpha value is -0.770. The van der Waals surface area contributed by atoms with E-state index < -0.39 is 17.3 Å². The molecular weight excluding hydrogens is 194 g/mol. The largest absolute Gasteiger partial charge is 0.444 e. The highest BCUT2D eigenvalue weighted by Crippen LogP contribution is 2.29. The fourth-order valence-electron chi connectivity index (χ4n) is 1.82. The first-order chi connectivity index (χ1) is 6.68. The third-order valence-corrected chi connectivity index (χ3v) is 2.44. The monoisotopic (exact) mass is 215 g/mol. The van der Waals surface area contributed by atoms with Crippen molar-refractivity contribution in [3.05, 3.63) is 0 Å². The zero-order chi connectivity index (χ0) is 11.7. The van der Waals surface area contributed by atoms with Gasteiger partial charge in [0, 0.05) is 6.04 Å². The molecule has 1 fully saturated rings. The van der Waals surface area contributed by atoms with Gasteiger partial charge in [0.15, 0.2) is 0 Å². The first kappa shape index (κ1) is 12.3. The van der Waals surface area contributed by atoms with Gasteiger partial charge in [-0.15, -0.1) is 0 Å². The maximum atomic E-state index is 11.4. The Kier molecular flexibility index (Phi) is 3.28. The molecule has 1 aliphatic rings. The van der Waals surface area contributed by atoms with E-state index in [1.165, 1.54) is 0 Å². The van der Waals surface area contributed by atoms with Gasteiger partial charge in [0.05, 0.1) is 5.60 Å². The first-order valence-electron chi connectivity index (χ1n) is 5.40. The molecule has 0 aromatic rings. The fourth-order valence-corrected chi connectivity index (χ4v) is 1.82. The molecule has 88 valence electrons. The summed E-state index contributed by atoms with van der Waals surface area (Å²) in [6, 6.07) is 0.0369. The van der Waals surface area contributed by atoms with Crippen LogP contribution in [0, 0.1) is 0 Å². The van der Waals surface area contributed by atoms with E-state index in [0.29, 0.717) is 6.42 Å². The first-order valence-corrected chi connectivity index (χ1v) is 5.40. The van der Waals surface area contributed by atoms with Crippen LogP contribution in [-0.2, 0) is 4.74 Å². The predicted molar refractivity (Wildman–Crippen MR) is 57.6 cm³/mol. The number of carbonyl (C=O) groups is 1. The lowest BCUT2D eigenvalue weighted by atomic mass is 10.1. The Balaban J connectivity index is 2.34. The van der Waals surface area contributed by atoms with Gasteiger partial charge in [0.2, 0.25) is 0 Å². The van der Waals surface area contributed by atoms with Crippen molar-refractivity contribution in [3.8, 4) is 0 Å². The lowest BCUT2D eigenvalue weighted by Crippen LogP contribution is -2.38. The summed E-state index contributed by atoms with van der Waals surface area (Å²) >= 11 is 0. The number of carbonyl (C=O) groups excluding carboxylic acids is 1. The van der Waals surface area contributed by atoms with Gasteiger partial charge in [0.1, 0.15) is 5.60 Å². The van der Waals surface area contributed by atoms with Gasteiger partial charge >= 0.3 is 6.09 Å². The second-order valence-corrected chi connectivity index (χ2v) is 5.58. The van der Waals surface area contributed by atoms with Crippen LogP contribution < -0.4 is 5.32 Å². The van der Waals surface area contributed by atoms with Crippen molar-refractivity contribution in [3.63, 3.8) is 0 Å². The number of alkyl carbamates (subject to hydrolysis) is 1. The Morgan fingerprint density at radius 2 is 2.13 bits per heavy atom. The molecule has 2 atom stereocenters. The topological polar surface area (TPSA) is 58.6 Å². The van der Waals surface area contributed by atoms with Crippen LogP contribution in [0.2, 0.25) is 0 Å². The van der Waals surface area contributed by atoms with Gasteiger partial charge in [-0.05, 0) is 47.0 Å². The molecule has 2 N–H and O–H groups in total. The quantitative estimate of drug-likeness (QED) is 0.701. The molecule has 1 saturated carbocycles. The van der Waals surface area contributed by atoms with E-state index in [0.717, 1.165) is 12.8 Å². The van der Waals surface area contributed by atoms with Crippen molar-refractivity contribution >= 4 is 6.09 Å². The average Bonchev–Trinajstić information content (AvgIpc) is 2.25. The van der Waals surface area contributed by atoms with E-state index >= 15 is 0 Å². The molecule has 1 aliphatic carbocycles. The maximum Gasteiger partial charge on any atom is 0.407 e. The Morgan fingerprint density at radius 1 is 1.53 bits per heavy atom. The van der Waals surface area contributed by atoms with Crippen LogP contribution in [0.25, 0.3) is 0 Å². The van der Waals surface area contributed by atoms with Gasteiger partial charge in [-0.2, -0.15) is 0 Å². The highest BCUT2D eigenvalue weighted by molar-refractivity contribution is 5.68. The van der Waals surface area contributed by atoms with Crippen molar-refractivity contribution in [2.24, 2.45) is 0 Å². The van der Waals surface area contributed by atoms with Gasteiger partial charge in [0.25, 0.3) is 0 Å². The number of ether oxygens (including phenoxy) is 1. The summed E-state index contributed by atoms with van der Waals surface area (Å²) in [4.78, 5) is 11.4. The number of amides is 1. The molecule has 1 unspecified atom stereocenters. The fraction of sp³-hybridized carbons (Fsp3) is 0.909. The van der Waals surface area contributed by atoms with Crippen molar-refractivity contribution in [2.75, 3.05) is 0 Å². The lowest BCUT2D eigenvalue weighted by molar-refractivity contribution is 0.0471. The molecule has 0 aromatic heterocycles. The number of hydrogen-bond acceptors (Lipinski definition) is 3. The summed E-state index contributed by atoms with van der Waals surface area (Å²) in [6.07, 6.45) is 1.75. The predicted octanol–water partition coefficient (Wildman–Crippen LogP) is 1.81. The van der Waals surface area contributed by atoms with Gasteiger partial charge < -0.3 is 15.2 Å².